The quantitative estimate of drug-likeness (QED) is 0.337. The molecule has 0 aliphatic carbocycles. The SMILES string of the molecule is CCNC(=NCCc1nnc2n1CCCCC2)N1CCN(c2ccccc2OC)CC1.I. The lowest BCUT2D eigenvalue weighted by molar-refractivity contribution is 0.367. The summed E-state index contributed by atoms with van der Waals surface area (Å²) in [7, 11) is 1.74. The molecule has 4 rings (SSSR count). The third-order valence-electron chi connectivity index (χ3n) is 6.12. The molecule has 1 N–H and O–H groups in total. The summed E-state index contributed by atoms with van der Waals surface area (Å²) in [5, 5.41) is 12.3. The van der Waals surface area contributed by atoms with Gasteiger partial charge in [0.25, 0.3) is 0 Å². The number of nitrogens with zero attached hydrogens (tertiary/aromatic N) is 6. The van der Waals surface area contributed by atoms with Crippen LogP contribution in [0.5, 0.6) is 5.75 Å². The van der Waals surface area contributed by atoms with Gasteiger partial charge in [0.05, 0.1) is 12.8 Å². The standard InChI is InChI=1S/C23H35N7O.HI/c1-3-24-23(25-13-12-22-27-26-21-11-5-4-8-14-30(21)22)29-17-15-28(16-18-29)19-9-6-7-10-20(19)31-2;/h6-7,9-10H,3-5,8,11-18H2,1-2H3,(H,24,25);1H. The number of halogens is 1. The second kappa shape index (κ2) is 12.3. The Morgan fingerprint density at radius 2 is 1.88 bits per heavy atom. The Morgan fingerprint density at radius 3 is 2.66 bits per heavy atom. The van der Waals surface area contributed by atoms with E-state index < -0.39 is 0 Å². The van der Waals surface area contributed by atoms with E-state index in [0.717, 1.165) is 82.0 Å². The number of anilines is 1. The van der Waals surface area contributed by atoms with E-state index in [2.05, 4.69) is 48.9 Å². The minimum Gasteiger partial charge on any atom is -0.495 e. The van der Waals surface area contributed by atoms with Gasteiger partial charge in [-0.25, -0.2) is 0 Å². The Balaban J connectivity index is 0.00000289. The fourth-order valence-electron chi connectivity index (χ4n) is 4.47. The van der Waals surface area contributed by atoms with Gasteiger partial charge in [-0.1, -0.05) is 18.6 Å². The highest BCUT2D eigenvalue weighted by atomic mass is 127. The van der Waals surface area contributed by atoms with E-state index in [1.54, 1.807) is 7.11 Å². The number of fused-ring (bicyclic) bond motifs is 1. The Hall–Kier alpha value is -2.04. The molecular weight excluding hydrogens is 517 g/mol. The molecule has 0 spiro atoms. The number of methoxy groups -OCH3 is 1. The number of hydrogen-bond acceptors (Lipinski definition) is 5. The van der Waals surface area contributed by atoms with Crippen molar-refractivity contribution in [3.63, 3.8) is 0 Å². The lowest BCUT2D eigenvalue weighted by Gasteiger charge is -2.38. The van der Waals surface area contributed by atoms with Crippen LogP contribution < -0.4 is 15.0 Å². The summed E-state index contributed by atoms with van der Waals surface area (Å²) in [5.74, 6) is 4.16. The molecule has 2 aliphatic heterocycles. The monoisotopic (exact) mass is 553 g/mol. The zero-order valence-corrected chi connectivity index (χ0v) is 21.6. The highest BCUT2D eigenvalue weighted by Gasteiger charge is 2.22. The molecule has 1 saturated heterocycles. The minimum atomic E-state index is 0. The third kappa shape index (κ3) is 5.85. The van der Waals surface area contributed by atoms with E-state index in [0.29, 0.717) is 0 Å². The number of aliphatic imine (C=N–C) groups is 1. The van der Waals surface area contributed by atoms with Gasteiger partial charge in [0.1, 0.15) is 17.4 Å². The second-order valence-electron chi connectivity index (χ2n) is 8.13. The Kier molecular flexibility index (Phi) is 9.43. The highest BCUT2D eigenvalue weighted by molar-refractivity contribution is 14.0. The fourth-order valence-corrected chi connectivity index (χ4v) is 4.47. The number of nitrogens with one attached hydrogen (secondary N) is 1. The van der Waals surface area contributed by atoms with Crippen molar-refractivity contribution in [2.75, 3.05) is 51.3 Å². The summed E-state index contributed by atoms with van der Waals surface area (Å²) in [6.45, 7) is 8.53. The largest absolute Gasteiger partial charge is 0.495 e. The summed E-state index contributed by atoms with van der Waals surface area (Å²) in [6.07, 6.45) is 5.62. The van der Waals surface area contributed by atoms with Crippen LogP contribution in [0, 0.1) is 0 Å². The number of hydrogen-bond donors (Lipinski definition) is 1. The Bertz CT molecular complexity index is 877. The number of benzene rings is 1. The molecule has 1 aromatic carbocycles. The second-order valence-corrected chi connectivity index (χ2v) is 8.13. The van der Waals surface area contributed by atoms with Gasteiger partial charge in [0, 0.05) is 58.7 Å². The maximum atomic E-state index is 5.54. The molecule has 2 aromatic rings. The van der Waals surface area contributed by atoms with Crippen LogP contribution in [-0.2, 0) is 19.4 Å². The van der Waals surface area contributed by atoms with E-state index in [1.807, 2.05) is 12.1 Å². The predicted octanol–water partition coefficient (Wildman–Crippen LogP) is 2.96. The van der Waals surface area contributed by atoms with Crippen LogP contribution in [0.2, 0.25) is 0 Å². The zero-order valence-electron chi connectivity index (χ0n) is 19.3. The van der Waals surface area contributed by atoms with Crippen LogP contribution in [0.25, 0.3) is 0 Å². The number of ether oxygens (including phenoxy) is 1. The Labute approximate surface area is 208 Å². The maximum absolute atomic E-state index is 5.54. The molecule has 2 aliphatic rings. The van der Waals surface area contributed by atoms with E-state index >= 15 is 0 Å². The predicted molar refractivity (Wildman–Crippen MR) is 139 cm³/mol. The van der Waals surface area contributed by atoms with Crippen LogP contribution in [0.4, 0.5) is 5.69 Å². The maximum Gasteiger partial charge on any atom is 0.194 e. The summed E-state index contributed by atoms with van der Waals surface area (Å²) < 4.78 is 7.86. The van der Waals surface area contributed by atoms with Gasteiger partial charge < -0.3 is 24.4 Å². The molecule has 0 saturated carbocycles. The molecule has 0 unspecified atom stereocenters. The average Bonchev–Trinajstić information content (AvgIpc) is 3.04. The van der Waals surface area contributed by atoms with Gasteiger partial charge in [-0.2, -0.15) is 0 Å². The van der Waals surface area contributed by atoms with Crippen molar-refractivity contribution in [3.8, 4) is 5.75 Å². The lowest BCUT2D eigenvalue weighted by atomic mass is 10.2. The van der Waals surface area contributed by atoms with Gasteiger partial charge in [0.15, 0.2) is 5.96 Å². The van der Waals surface area contributed by atoms with E-state index in [9.17, 15) is 0 Å². The van der Waals surface area contributed by atoms with Crippen molar-refractivity contribution < 1.29 is 4.74 Å². The summed E-state index contributed by atoms with van der Waals surface area (Å²) in [5.41, 5.74) is 1.17. The molecule has 3 heterocycles. The van der Waals surface area contributed by atoms with E-state index in [4.69, 9.17) is 9.73 Å². The zero-order chi connectivity index (χ0) is 21.5. The first-order valence-electron chi connectivity index (χ1n) is 11.6. The summed E-state index contributed by atoms with van der Waals surface area (Å²) >= 11 is 0. The van der Waals surface area contributed by atoms with Crippen molar-refractivity contribution in [1.29, 1.82) is 0 Å². The van der Waals surface area contributed by atoms with Crippen LogP contribution in [-0.4, -0.2) is 72.0 Å². The first-order valence-corrected chi connectivity index (χ1v) is 11.6. The number of aromatic nitrogens is 3. The molecular formula is C23H36IN7O. The van der Waals surface area contributed by atoms with Gasteiger partial charge >= 0.3 is 0 Å². The molecule has 0 atom stereocenters. The third-order valence-corrected chi connectivity index (χ3v) is 6.12. The molecule has 32 heavy (non-hydrogen) atoms. The molecule has 0 bridgehead atoms. The van der Waals surface area contributed by atoms with Crippen LogP contribution in [0.1, 0.15) is 37.8 Å². The van der Waals surface area contributed by atoms with Crippen molar-refractivity contribution in [2.45, 2.75) is 45.6 Å². The average molecular weight is 553 g/mol. The normalized spacial score (nSPS) is 16.8. The van der Waals surface area contributed by atoms with Crippen LogP contribution in [0.3, 0.4) is 0 Å². The molecule has 1 fully saturated rings. The summed E-state index contributed by atoms with van der Waals surface area (Å²) in [6, 6.07) is 8.25. The van der Waals surface area contributed by atoms with E-state index in [1.165, 1.54) is 24.9 Å². The number of aryl methyl sites for hydroxylation is 1. The van der Waals surface area contributed by atoms with Crippen LogP contribution >= 0.6 is 24.0 Å². The van der Waals surface area contributed by atoms with Crippen molar-refractivity contribution in [1.82, 2.24) is 25.0 Å². The number of piperazine rings is 1. The van der Waals surface area contributed by atoms with Gasteiger partial charge in [0.2, 0.25) is 0 Å². The van der Waals surface area contributed by atoms with Gasteiger partial charge in [-0.05, 0) is 31.9 Å². The summed E-state index contributed by atoms with van der Waals surface area (Å²) in [4.78, 5) is 9.68. The minimum absolute atomic E-state index is 0. The van der Waals surface area contributed by atoms with Crippen LogP contribution in [0.15, 0.2) is 29.3 Å². The van der Waals surface area contributed by atoms with Crippen molar-refractivity contribution in [2.24, 2.45) is 4.99 Å². The molecule has 8 nitrogen and oxygen atoms in total. The topological polar surface area (TPSA) is 70.8 Å². The smallest absolute Gasteiger partial charge is 0.194 e. The highest BCUT2D eigenvalue weighted by Crippen LogP contribution is 2.28. The Morgan fingerprint density at radius 1 is 1.06 bits per heavy atom. The molecule has 176 valence electrons. The fraction of sp³-hybridized carbons (Fsp3) is 0.609. The first kappa shape index (κ1) is 24.6. The van der Waals surface area contributed by atoms with Crippen molar-refractivity contribution >= 4 is 35.6 Å². The van der Waals surface area contributed by atoms with E-state index in [-0.39, 0.29) is 24.0 Å². The first-order chi connectivity index (χ1) is 15.3. The van der Waals surface area contributed by atoms with Crippen molar-refractivity contribution in [3.05, 3.63) is 35.9 Å². The number of guanidine groups is 1. The number of para-hydroxylation sites is 2. The molecule has 0 radical (unpaired) electrons. The van der Waals surface area contributed by atoms with Gasteiger partial charge in [-0.15, -0.1) is 34.2 Å². The molecule has 9 heteroatoms. The number of rotatable bonds is 6. The molecule has 1 aromatic heterocycles. The lowest BCUT2D eigenvalue weighted by Crippen LogP contribution is -2.52. The van der Waals surface area contributed by atoms with Gasteiger partial charge in [-0.3, -0.25) is 4.99 Å². The molecule has 0 amide bonds.